The van der Waals surface area contributed by atoms with E-state index < -0.39 is 28.5 Å². The molecule has 0 spiro atoms. The molecule has 8 nitrogen and oxygen atoms in total. The van der Waals surface area contributed by atoms with Crippen LogP contribution in [0.3, 0.4) is 0 Å². The molecule has 0 unspecified atom stereocenters. The van der Waals surface area contributed by atoms with Gasteiger partial charge in [-0.15, -0.1) is 0 Å². The fraction of sp³-hybridized carbons (Fsp3) is 0.333. The maximum absolute atomic E-state index is 14.1. The number of ether oxygens (including phenoxy) is 1. The number of carbonyl (C=O) groups excluding carboxylic acids is 2. The van der Waals surface area contributed by atoms with E-state index in [1.165, 1.54) is 4.90 Å². The van der Waals surface area contributed by atoms with Crippen molar-refractivity contribution in [1.82, 2.24) is 10.2 Å². The molecule has 0 radical (unpaired) electrons. The van der Waals surface area contributed by atoms with Crippen LogP contribution in [0.5, 0.6) is 5.75 Å². The van der Waals surface area contributed by atoms with Crippen molar-refractivity contribution >= 4 is 43.5 Å². The zero-order chi connectivity index (χ0) is 29.3. The molecule has 0 aromatic heterocycles. The maximum atomic E-state index is 14.1. The van der Waals surface area contributed by atoms with Gasteiger partial charge in [-0.05, 0) is 56.2 Å². The SMILES string of the molecule is CCOc1ccccc1N(CC(=O)N(Cc1ccc(Br)cc1)[C@H](Cc1ccccc1)C(=O)NC(C)C)S(C)(=O)=O. The van der Waals surface area contributed by atoms with Gasteiger partial charge in [0, 0.05) is 23.5 Å². The molecule has 0 bridgehead atoms. The smallest absolute Gasteiger partial charge is 0.244 e. The molecule has 0 saturated heterocycles. The summed E-state index contributed by atoms with van der Waals surface area (Å²) in [6.45, 7) is 5.45. The number of nitrogens with one attached hydrogen (secondary N) is 1. The van der Waals surface area contributed by atoms with Crippen molar-refractivity contribution in [2.75, 3.05) is 23.7 Å². The number of para-hydroxylation sites is 2. The number of rotatable bonds is 13. The summed E-state index contributed by atoms with van der Waals surface area (Å²) >= 11 is 3.43. The van der Waals surface area contributed by atoms with E-state index >= 15 is 0 Å². The quantitative estimate of drug-likeness (QED) is 0.294. The molecule has 3 rings (SSSR count). The Labute approximate surface area is 245 Å². The third-order valence-electron chi connectivity index (χ3n) is 6.08. The molecule has 0 aliphatic carbocycles. The van der Waals surface area contributed by atoms with Gasteiger partial charge in [-0.2, -0.15) is 0 Å². The van der Waals surface area contributed by atoms with Crippen LogP contribution < -0.4 is 14.4 Å². The minimum absolute atomic E-state index is 0.111. The van der Waals surface area contributed by atoms with Crippen molar-refractivity contribution in [3.63, 3.8) is 0 Å². The highest BCUT2D eigenvalue weighted by Gasteiger charge is 2.33. The lowest BCUT2D eigenvalue weighted by Crippen LogP contribution is -2.54. The van der Waals surface area contributed by atoms with E-state index in [1.807, 2.05) is 68.4 Å². The van der Waals surface area contributed by atoms with Gasteiger partial charge in [0.1, 0.15) is 18.3 Å². The van der Waals surface area contributed by atoms with E-state index in [0.29, 0.717) is 12.4 Å². The Balaban J connectivity index is 2.07. The monoisotopic (exact) mass is 629 g/mol. The van der Waals surface area contributed by atoms with Gasteiger partial charge in [0.25, 0.3) is 0 Å². The summed E-state index contributed by atoms with van der Waals surface area (Å²) in [5, 5.41) is 2.94. The van der Waals surface area contributed by atoms with Crippen LogP contribution in [0.4, 0.5) is 5.69 Å². The molecule has 214 valence electrons. The van der Waals surface area contributed by atoms with Crippen LogP contribution in [0.2, 0.25) is 0 Å². The summed E-state index contributed by atoms with van der Waals surface area (Å²) in [5.74, 6) is -0.481. The van der Waals surface area contributed by atoms with Crippen molar-refractivity contribution in [2.45, 2.75) is 45.8 Å². The summed E-state index contributed by atoms with van der Waals surface area (Å²) in [6.07, 6.45) is 1.31. The van der Waals surface area contributed by atoms with E-state index in [0.717, 1.165) is 26.2 Å². The van der Waals surface area contributed by atoms with E-state index in [4.69, 9.17) is 4.74 Å². The number of nitrogens with zero attached hydrogens (tertiary/aromatic N) is 2. The minimum atomic E-state index is -3.89. The third kappa shape index (κ3) is 8.82. The largest absolute Gasteiger partial charge is 0.492 e. The van der Waals surface area contributed by atoms with E-state index in [2.05, 4.69) is 21.2 Å². The predicted molar refractivity (Wildman–Crippen MR) is 162 cm³/mol. The molecule has 3 aromatic rings. The lowest BCUT2D eigenvalue weighted by atomic mass is 10.0. The topological polar surface area (TPSA) is 96.0 Å². The van der Waals surface area contributed by atoms with Crippen LogP contribution in [0.25, 0.3) is 0 Å². The summed E-state index contributed by atoms with van der Waals surface area (Å²) in [4.78, 5) is 29.2. The summed E-state index contributed by atoms with van der Waals surface area (Å²) in [6, 6.07) is 22.6. The number of carbonyl (C=O) groups is 2. The number of benzene rings is 3. The molecule has 3 aromatic carbocycles. The Morgan fingerprint density at radius 1 is 0.925 bits per heavy atom. The molecule has 10 heteroatoms. The fourth-order valence-electron chi connectivity index (χ4n) is 4.26. The average Bonchev–Trinajstić information content (AvgIpc) is 2.90. The van der Waals surface area contributed by atoms with Gasteiger partial charge >= 0.3 is 0 Å². The van der Waals surface area contributed by atoms with Crippen LogP contribution in [0.15, 0.2) is 83.3 Å². The second-order valence-electron chi connectivity index (χ2n) is 9.69. The number of hydrogen-bond donors (Lipinski definition) is 1. The lowest BCUT2D eigenvalue weighted by Gasteiger charge is -2.34. The van der Waals surface area contributed by atoms with Crippen molar-refractivity contribution in [3.8, 4) is 5.75 Å². The first-order valence-corrected chi connectivity index (χ1v) is 15.7. The first kappa shape index (κ1) is 31.2. The van der Waals surface area contributed by atoms with Crippen LogP contribution in [-0.4, -0.2) is 56.6 Å². The molecule has 0 fully saturated rings. The van der Waals surface area contributed by atoms with Crippen LogP contribution >= 0.6 is 15.9 Å². The average molecular weight is 631 g/mol. The highest BCUT2D eigenvalue weighted by molar-refractivity contribution is 9.10. The van der Waals surface area contributed by atoms with Gasteiger partial charge in [0.15, 0.2) is 0 Å². The van der Waals surface area contributed by atoms with Gasteiger partial charge in [0.05, 0.1) is 18.6 Å². The molecule has 0 saturated carbocycles. The molecular weight excluding hydrogens is 594 g/mol. The maximum Gasteiger partial charge on any atom is 0.244 e. The number of anilines is 1. The van der Waals surface area contributed by atoms with Gasteiger partial charge in [-0.25, -0.2) is 8.42 Å². The second kappa shape index (κ2) is 14.3. The third-order valence-corrected chi connectivity index (χ3v) is 7.74. The van der Waals surface area contributed by atoms with Crippen molar-refractivity contribution < 1.29 is 22.7 Å². The Morgan fingerprint density at radius 2 is 1.55 bits per heavy atom. The first-order chi connectivity index (χ1) is 19.0. The molecular formula is C30H36BrN3O5S. The molecule has 2 amide bonds. The molecule has 0 aliphatic heterocycles. The standard InChI is InChI=1S/C30H36BrN3O5S/c1-5-39-28-14-10-9-13-26(28)34(40(4,37)38)21-29(35)33(20-24-15-17-25(31)18-16-24)27(30(36)32-22(2)3)19-23-11-7-6-8-12-23/h6-18,22,27H,5,19-21H2,1-4H3,(H,32,36)/t27-/m1/s1. The fourth-order valence-corrected chi connectivity index (χ4v) is 5.37. The Bertz CT molecular complexity index is 1380. The molecule has 0 heterocycles. The number of halogens is 1. The summed E-state index contributed by atoms with van der Waals surface area (Å²) < 4.78 is 33.6. The van der Waals surface area contributed by atoms with Crippen molar-refractivity contribution in [3.05, 3.63) is 94.5 Å². The normalized spacial score (nSPS) is 12.1. The lowest BCUT2D eigenvalue weighted by molar-refractivity contribution is -0.140. The van der Waals surface area contributed by atoms with E-state index in [9.17, 15) is 18.0 Å². The van der Waals surface area contributed by atoms with Gasteiger partial charge < -0.3 is 15.0 Å². The number of hydrogen-bond acceptors (Lipinski definition) is 5. The summed E-state index contributed by atoms with van der Waals surface area (Å²) in [5.41, 5.74) is 1.93. The molecule has 40 heavy (non-hydrogen) atoms. The first-order valence-electron chi connectivity index (χ1n) is 13.1. The van der Waals surface area contributed by atoms with Crippen LogP contribution in [-0.2, 0) is 32.6 Å². The molecule has 1 atom stereocenters. The van der Waals surface area contributed by atoms with Gasteiger partial charge in [-0.1, -0.05) is 70.5 Å². The number of amides is 2. The van der Waals surface area contributed by atoms with E-state index in [1.54, 1.807) is 31.2 Å². The second-order valence-corrected chi connectivity index (χ2v) is 12.5. The summed E-state index contributed by atoms with van der Waals surface area (Å²) in [7, 11) is -3.89. The predicted octanol–water partition coefficient (Wildman–Crippen LogP) is 4.78. The van der Waals surface area contributed by atoms with Gasteiger partial charge in [-0.3, -0.25) is 13.9 Å². The zero-order valence-corrected chi connectivity index (χ0v) is 25.6. The number of sulfonamides is 1. The van der Waals surface area contributed by atoms with Crippen molar-refractivity contribution in [2.24, 2.45) is 0 Å². The Hall–Kier alpha value is -3.37. The van der Waals surface area contributed by atoms with Crippen LogP contribution in [0, 0.1) is 0 Å². The molecule has 0 aliphatic rings. The Morgan fingerprint density at radius 3 is 2.15 bits per heavy atom. The van der Waals surface area contributed by atoms with Crippen molar-refractivity contribution in [1.29, 1.82) is 0 Å². The van der Waals surface area contributed by atoms with E-state index in [-0.39, 0.29) is 30.6 Å². The van der Waals surface area contributed by atoms with Gasteiger partial charge in [0.2, 0.25) is 21.8 Å². The minimum Gasteiger partial charge on any atom is -0.492 e. The van der Waals surface area contributed by atoms with Crippen LogP contribution in [0.1, 0.15) is 31.9 Å². The highest BCUT2D eigenvalue weighted by Crippen LogP contribution is 2.30. The Kier molecular flexibility index (Phi) is 11.2. The molecule has 1 N–H and O–H groups in total. The highest BCUT2D eigenvalue weighted by atomic mass is 79.9. The zero-order valence-electron chi connectivity index (χ0n) is 23.2.